The Hall–Kier alpha value is 2.05. The van der Waals surface area contributed by atoms with E-state index in [1.165, 1.54) is 0 Å². The molecule has 0 saturated heterocycles. The van der Waals surface area contributed by atoms with E-state index in [0.29, 0.717) is 0 Å². The van der Waals surface area contributed by atoms with Gasteiger partial charge in [0.1, 0.15) is 0 Å². The predicted octanol–water partition coefficient (Wildman–Crippen LogP) is -10.5. The van der Waals surface area contributed by atoms with Crippen molar-refractivity contribution in [3.63, 3.8) is 0 Å². The van der Waals surface area contributed by atoms with Gasteiger partial charge >= 0.3 is 85.5 Å². The van der Waals surface area contributed by atoms with Crippen LogP contribution in [0.2, 0.25) is 0 Å². The molecule has 0 bridgehead atoms. The molecule has 0 radical (unpaired) electrons. The first-order valence-corrected chi connectivity index (χ1v) is 4.48. The van der Waals surface area contributed by atoms with Gasteiger partial charge in [0.15, 0.2) is 0 Å². The van der Waals surface area contributed by atoms with Gasteiger partial charge in [-0.2, -0.15) is 0 Å². The van der Waals surface area contributed by atoms with E-state index in [0.717, 1.165) is 0 Å². The average molecular weight is 266 g/mol. The van der Waals surface area contributed by atoms with Crippen LogP contribution in [0.25, 0.3) is 0 Å². The van der Waals surface area contributed by atoms with Crippen LogP contribution in [0.1, 0.15) is 0 Å². The maximum atomic E-state index is 8.62. The maximum absolute atomic E-state index is 8.62. The molecule has 0 saturated carbocycles. The molecule has 0 unspecified atom stereocenters. The fraction of sp³-hybridized carbons (Fsp3) is 0. The van der Waals surface area contributed by atoms with Crippen molar-refractivity contribution >= 4 is 0 Å². The van der Waals surface area contributed by atoms with Crippen LogP contribution in [0.4, 0.5) is 0 Å². The van der Waals surface area contributed by atoms with E-state index in [1.54, 1.807) is 0 Å². The topological polar surface area (TPSA) is 85.7 Å². The zero-order valence-electron chi connectivity index (χ0n) is 5.08. The van der Waals surface area contributed by atoms with E-state index in [9.17, 15) is 0 Å². The first kappa shape index (κ1) is 32.3. The molecule has 0 N–H and O–H groups in total. The molecule has 0 heterocycles. The van der Waals surface area contributed by atoms with E-state index >= 15 is 0 Å². The van der Waals surface area contributed by atoms with Gasteiger partial charge < -0.3 is 5.48 Å². The minimum atomic E-state index is -4.34. The van der Waals surface area contributed by atoms with Crippen molar-refractivity contribution in [1.82, 2.24) is 0 Å². The molecule has 0 atom stereocenters. The van der Waals surface area contributed by atoms with Crippen LogP contribution in [0, 0.1) is 0 Å². The molecular weight excluding hydrogens is 266 g/mol. The van der Waals surface area contributed by atoms with Gasteiger partial charge in [-0.15, -0.1) is 0 Å². The molecule has 8 heavy (non-hydrogen) atoms. The standard InChI is InChI=1S/3Li.4O.Ta/q3*+1;;;-2;-1;. The van der Waals surface area contributed by atoms with Gasteiger partial charge in [-0.1, -0.05) is 0 Å². The molecule has 0 aliphatic rings. The number of hydrogen-bond donors (Lipinski definition) is 0. The zero-order chi connectivity index (χ0) is 3.58. The summed E-state index contributed by atoms with van der Waals surface area (Å²) in [5, 5.41) is 0. The van der Waals surface area contributed by atoms with Crippen LogP contribution in [0.5, 0.6) is 0 Å². The average Bonchev–Trinajstić information content (AvgIpc) is 0.811. The summed E-state index contributed by atoms with van der Waals surface area (Å²) >= 11 is -4.34. The normalized spacial score (nSPS) is 3.12. The van der Waals surface area contributed by atoms with Crippen molar-refractivity contribution in [3.8, 4) is 0 Å². The van der Waals surface area contributed by atoms with Crippen molar-refractivity contribution in [1.29, 1.82) is 0 Å². The van der Waals surface area contributed by atoms with Crippen LogP contribution >= 0.6 is 0 Å². The predicted molar refractivity (Wildman–Crippen MR) is 2.06 cm³/mol. The van der Waals surface area contributed by atoms with Crippen LogP contribution in [-0.2, 0) is 30.8 Å². The molecule has 0 aliphatic carbocycles. The molecule has 0 fully saturated rings. The monoisotopic (exact) mass is 266 g/mol. The second-order valence-electron chi connectivity index (χ2n) is 0.224. The molecule has 8 heteroatoms. The van der Waals surface area contributed by atoms with Gasteiger partial charge in [-0.3, -0.25) is 0 Å². The summed E-state index contributed by atoms with van der Waals surface area (Å²) in [5.74, 6) is 0. The first-order chi connectivity index (χ1) is 1.73. The van der Waals surface area contributed by atoms with Gasteiger partial charge in [0.05, 0.1) is 0 Å². The number of hydrogen-bond acceptors (Lipinski definition) is 3. The fourth-order valence-electron chi connectivity index (χ4n) is 0. The molecule has 4 nitrogen and oxygen atoms in total. The third-order valence-electron chi connectivity index (χ3n) is 0. The summed E-state index contributed by atoms with van der Waals surface area (Å²) in [6.45, 7) is 0. The summed E-state index contributed by atoms with van der Waals surface area (Å²) in [6.07, 6.45) is 0. The summed E-state index contributed by atoms with van der Waals surface area (Å²) in [5.41, 5.74) is 0. The van der Waals surface area contributed by atoms with E-state index in [1.807, 2.05) is 0 Å². The van der Waals surface area contributed by atoms with Crippen LogP contribution in [0.15, 0.2) is 0 Å². The third-order valence-corrected chi connectivity index (χ3v) is 0. The second kappa shape index (κ2) is 23.0. The molecule has 0 amide bonds. The van der Waals surface area contributed by atoms with Crippen LogP contribution in [-0.4, -0.2) is 0 Å². The molecule has 0 aliphatic heterocycles. The van der Waals surface area contributed by atoms with Crippen molar-refractivity contribution in [2.75, 3.05) is 0 Å². The Bertz CT molecular complexity index is 59.7. The summed E-state index contributed by atoms with van der Waals surface area (Å²) < 4.78 is 25.9. The quantitative estimate of drug-likeness (QED) is 0.408. The van der Waals surface area contributed by atoms with E-state index in [-0.39, 0.29) is 62.1 Å². The van der Waals surface area contributed by atoms with Crippen molar-refractivity contribution < 1.29 is 91.0 Å². The van der Waals surface area contributed by atoms with Gasteiger partial charge in [0.2, 0.25) is 0 Å². The Labute approximate surface area is 89.9 Å². The Kier molecular flexibility index (Phi) is 92.8. The molecule has 0 aromatic rings. The third kappa shape index (κ3) is 95.1. The Morgan fingerprint density at radius 3 is 1.00 bits per heavy atom. The first-order valence-electron chi connectivity index (χ1n) is 0.548. The Morgan fingerprint density at radius 1 is 1.00 bits per heavy atom. The fourth-order valence-corrected chi connectivity index (χ4v) is 0. The summed E-state index contributed by atoms with van der Waals surface area (Å²) in [6, 6.07) is 0. The molecule has 32 valence electrons. The van der Waals surface area contributed by atoms with Crippen molar-refractivity contribution in [2.24, 2.45) is 0 Å². The van der Waals surface area contributed by atoms with Gasteiger partial charge in [-0.05, 0) is 0 Å². The molecule has 0 aromatic carbocycles. The van der Waals surface area contributed by atoms with Crippen LogP contribution < -0.4 is 60.2 Å². The molecule has 0 rings (SSSR count). The molecule has 0 spiro atoms. The van der Waals surface area contributed by atoms with Gasteiger partial charge in [-0.25, -0.2) is 0 Å². The Morgan fingerprint density at radius 2 is 1.00 bits per heavy atom. The summed E-state index contributed by atoms with van der Waals surface area (Å²) in [4.78, 5) is 0. The van der Waals surface area contributed by atoms with Crippen LogP contribution in [0.3, 0.4) is 0 Å². The van der Waals surface area contributed by atoms with Gasteiger partial charge in [0, 0.05) is 0 Å². The zero-order valence-corrected chi connectivity index (χ0v) is 8.29. The SMILES string of the molecule is [Li+].[Li+].[Li+].[O-2].[O]=[Ta](=[O])[O-]. The summed E-state index contributed by atoms with van der Waals surface area (Å²) in [7, 11) is 0. The van der Waals surface area contributed by atoms with Crippen molar-refractivity contribution in [2.45, 2.75) is 0 Å². The van der Waals surface area contributed by atoms with E-state index in [4.69, 9.17) is 10.1 Å². The molecular formula is Li3O4Ta. The van der Waals surface area contributed by atoms with Gasteiger partial charge in [0.25, 0.3) is 0 Å². The Balaban J connectivity index is -0.00000000750. The van der Waals surface area contributed by atoms with E-state index in [2.05, 4.69) is 0 Å². The number of rotatable bonds is 0. The minimum absolute atomic E-state index is 0. The van der Waals surface area contributed by atoms with E-state index < -0.39 is 18.8 Å². The molecule has 0 aromatic heterocycles. The van der Waals surface area contributed by atoms with Crippen molar-refractivity contribution in [3.05, 3.63) is 0 Å². The second-order valence-corrected chi connectivity index (χ2v) is 1.83.